The molecule has 1 saturated carbocycles. The molecule has 4 rings (SSSR count). The quantitative estimate of drug-likeness (QED) is 0.723. The van der Waals surface area contributed by atoms with Crippen LogP contribution in [-0.2, 0) is 4.79 Å². The molecule has 1 N–H and O–H groups in total. The highest BCUT2D eigenvalue weighted by Gasteiger charge is 2.31. The number of anilines is 1. The molecule has 0 saturated heterocycles. The third-order valence-corrected chi connectivity index (χ3v) is 4.64. The summed E-state index contributed by atoms with van der Waals surface area (Å²) in [6.07, 6.45) is 1.17. The van der Waals surface area contributed by atoms with Crippen LogP contribution < -0.4 is 10.1 Å². The Kier molecular flexibility index (Phi) is 4.66. The Morgan fingerprint density at radius 2 is 1.96 bits per heavy atom. The van der Waals surface area contributed by atoms with Gasteiger partial charge in [-0.3, -0.25) is 4.79 Å². The molecule has 6 nitrogen and oxygen atoms in total. The van der Waals surface area contributed by atoms with Gasteiger partial charge in [-0.2, -0.15) is 5.10 Å². The molecule has 9 heteroatoms. The number of hydrogen-bond acceptors (Lipinski definition) is 5. The molecule has 1 aliphatic rings. The minimum Gasteiger partial charge on any atom is -0.406 e. The lowest BCUT2D eigenvalue weighted by molar-refractivity contribution is -0.274. The maximum atomic E-state index is 12.5. The summed E-state index contributed by atoms with van der Waals surface area (Å²) in [6, 6.07) is 7.66. The van der Waals surface area contributed by atoms with Crippen molar-refractivity contribution in [1.82, 2.24) is 14.6 Å². The van der Waals surface area contributed by atoms with E-state index < -0.39 is 6.36 Å². The SMILES string of the molecule is O=C1CCC(Nc2ccn3ncc(-c4cccc(OC(F)(F)F)c4)c3n2)CC1. The van der Waals surface area contributed by atoms with Crippen LogP contribution in [0.25, 0.3) is 16.8 Å². The van der Waals surface area contributed by atoms with Crippen molar-refractivity contribution in [2.45, 2.75) is 38.1 Å². The van der Waals surface area contributed by atoms with E-state index in [-0.39, 0.29) is 17.6 Å². The largest absolute Gasteiger partial charge is 0.573 e. The van der Waals surface area contributed by atoms with Crippen molar-refractivity contribution >= 4 is 17.2 Å². The Balaban J connectivity index is 1.61. The number of ether oxygens (including phenoxy) is 1. The summed E-state index contributed by atoms with van der Waals surface area (Å²) >= 11 is 0. The third kappa shape index (κ3) is 4.08. The predicted molar refractivity (Wildman–Crippen MR) is 96.0 cm³/mol. The van der Waals surface area contributed by atoms with E-state index in [9.17, 15) is 18.0 Å². The molecule has 0 unspecified atom stereocenters. The van der Waals surface area contributed by atoms with Gasteiger partial charge in [0.15, 0.2) is 5.65 Å². The molecule has 2 heterocycles. The monoisotopic (exact) mass is 390 g/mol. The summed E-state index contributed by atoms with van der Waals surface area (Å²) in [4.78, 5) is 16.0. The second-order valence-electron chi connectivity index (χ2n) is 6.67. The molecule has 0 amide bonds. The van der Waals surface area contributed by atoms with E-state index in [4.69, 9.17) is 0 Å². The van der Waals surface area contributed by atoms with Gasteiger partial charge in [0.1, 0.15) is 17.4 Å². The molecular formula is C19H17F3N4O2. The molecular weight excluding hydrogens is 373 g/mol. The maximum absolute atomic E-state index is 12.5. The lowest BCUT2D eigenvalue weighted by atomic mass is 9.94. The van der Waals surface area contributed by atoms with Gasteiger partial charge in [0.2, 0.25) is 0 Å². The van der Waals surface area contributed by atoms with Crippen LogP contribution in [0.15, 0.2) is 42.7 Å². The summed E-state index contributed by atoms with van der Waals surface area (Å²) in [6.45, 7) is 0. The van der Waals surface area contributed by atoms with Crippen LogP contribution in [0.4, 0.5) is 19.0 Å². The fraction of sp³-hybridized carbons (Fsp3) is 0.316. The molecule has 2 aromatic heterocycles. The van der Waals surface area contributed by atoms with Crippen molar-refractivity contribution in [3.8, 4) is 16.9 Å². The summed E-state index contributed by atoms with van der Waals surface area (Å²) in [5.74, 6) is 0.613. The molecule has 28 heavy (non-hydrogen) atoms. The fourth-order valence-electron chi connectivity index (χ4n) is 3.31. The topological polar surface area (TPSA) is 68.5 Å². The number of carbonyl (C=O) groups excluding carboxylic acids is 1. The summed E-state index contributed by atoms with van der Waals surface area (Å²) in [5, 5.41) is 7.54. The van der Waals surface area contributed by atoms with Crippen LogP contribution in [0.5, 0.6) is 5.75 Å². The Bertz CT molecular complexity index is 1010. The van der Waals surface area contributed by atoms with Gasteiger partial charge in [-0.25, -0.2) is 9.50 Å². The smallest absolute Gasteiger partial charge is 0.406 e. The summed E-state index contributed by atoms with van der Waals surface area (Å²) in [5.41, 5.74) is 1.63. The zero-order valence-corrected chi connectivity index (χ0v) is 14.7. The molecule has 1 aliphatic carbocycles. The molecule has 1 aromatic carbocycles. The van der Waals surface area contributed by atoms with Crippen molar-refractivity contribution in [3.05, 3.63) is 42.7 Å². The van der Waals surface area contributed by atoms with Crippen molar-refractivity contribution in [2.24, 2.45) is 0 Å². The average molecular weight is 390 g/mol. The first-order chi connectivity index (χ1) is 13.4. The van der Waals surface area contributed by atoms with E-state index in [1.165, 1.54) is 18.2 Å². The van der Waals surface area contributed by atoms with Gasteiger partial charge >= 0.3 is 6.36 Å². The second-order valence-corrected chi connectivity index (χ2v) is 6.67. The maximum Gasteiger partial charge on any atom is 0.573 e. The number of Topliss-reactive ketones (excluding diaryl/α,β-unsaturated/α-hetero) is 1. The lowest BCUT2D eigenvalue weighted by Crippen LogP contribution is -2.26. The highest BCUT2D eigenvalue weighted by Crippen LogP contribution is 2.30. The summed E-state index contributed by atoms with van der Waals surface area (Å²) in [7, 11) is 0. The molecule has 0 bridgehead atoms. The van der Waals surface area contributed by atoms with E-state index >= 15 is 0 Å². The second kappa shape index (κ2) is 7.14. The third-order valence-electron chi connectivity index (χ3n) is 4.64. The number of rotatable bonds is 4. The zero-order chi connectivity index (χ0) is 19.7. The minimum absolute atomic E-state index is 0.169. The number of alkyl halides is 3. The molecule has 3 aromatic rings. The molecule has 0 spiro atoms. The number of nitrogens with one attached hydrogen (secondary N) is 1. The van der Waals surface area contributed by atoms with E-state index in [2.05, 4.69) is 20.1 Å². The standard InChI is InChI=1S/C19H17F3N4O2/c20-19(21,22)28-15-3-1-2-12(10-15)16-11-23-26-9-8-17(25-18(16)26)24-13-4-6-14(27)7-5-13/h1-3,8-11,13H,4-7H2,(H,24,25). The minimum atomic E-state index is -4.75. The molecule has 0 radical (unpaired) electrons. The Labute approximate surface area is 158 Å². The van der Waals surface area contributed by atoms with Gasteiger partial charge < -0.3 is 10.1 Å². The Morgan fingerprint density at radius 1 is 1.18 bits per heavy atom. The van der Waals surface area contributed by atoms with Gasteiger partial charge in [-0.1, -0.05) is 12.1 Å². The number of ketones is 1. The van der Waals surface area contributed by atoms with Crippen LogP contribution >= 0.6 is 0 Å². The summed E-state index contributed by atoms with van der Waals surface area (Å²) < 4.78 is 43.0. The van der Waals surface area contributed by atoms with E-state index in [0.29, 0.717) is 35.4 Å². The molecule has 0 atom stereocenters. The van der Waals surface area contributed by atoms with E-state index in [0.717, 1.165) is 12.8 Å². The first-order valence-electron chi connectivity index (χ1n) is 8.86. The van der Waals surface area contributed by atoms with Gasteiger partial charge in [0, 0.05) is 30.6 Å². The number of benzene rings is 1. The first kappa shape index (κ1) is 18.3. The van der Waals surface area contributed by atoms with Crippen LogP contribution in [0.2, 0.25) is 0 Å². The van der Waals surface area contributed by atoms with Gasteiger partial charge in [0.05, 0.1) is 6.20 Å². The van der Waals surface area contributed by atoms with Gasteiger partial charge in [-0.15, -0.1) is 13.2 Å². The number of carbonyl (C=O) groups is 1. The number of halogens is 3. The van der Waals surface area contributed by atoms with Crippen molar-refractivity contribution in [2.75, 3.05) is 5.32 Å². The van der Waals surface area contributed by atoms with Gasteiger partial charge in [0.25, 0.3) is 0 Å². The number of hydrogen-bond donors (Lipinski definition) is 1. The average Bonchev–Trinajstić information content (AvgIpc) is 3.06. The van der Waals surface area contributed by atoms with Crippen molar-refractivity contribution in [1.29, 1.82) is 0 Å². The molecule has 0 aliphatic heterocycles. The number of aromatic nitrogens is 3. The van der Waals surface area contributed by atoms with Crippen LogP contribution in [0, 0.1) is 0 Å². The predicted octanol–water partition coefficient (Wildman–Crippen LogP) is 4.22. The number of fused-ring (bicyclic) bond motifs is 1. The zero-order valence-electron chi connectivity index (χ0n) is 14.7. The lowest BCUT2D eigenvalue weighted by Gasteiger charge is -2.22. The van der Waals surface area contributed by atoms with Crippen LogP contribution in [0.3, 0.4) is 0 Å². The normalized spacial score (nSPS) is 15.8. The first-order valence-corrected chi connectivity index (χ1v) is 8.86. The molecule has 1 fully saturated rings. The van der Waals surface area contributed by atoms with Crippen LogP contribution in [0.1, 0.15) is 25.7 Å². The van der Waals surface area contributed by atoms with Crippen molar-refractivity contribution in [3.63, 3.8) is 0 Å². The van der Waals surface area contributed by atoms with E-state index in [1.807, 2.05) is 0 Å². The molecule has 146 valence electrons. The highest BCUT2D eigenvalue weighted by molar-refractivity contribution is 5.80. The van der Waals surface area contributed by atoms with Crippen LogP contribution in [-0.4, -0.2) is 32.8 Å². The highest BCUT2D eigenvalue weighted by atomic mass is 19.4. The van der Waals surface area contributed by atoms with E-state index in [1.54, 1.807) is 29.0 Å². The van der Waals surface area contributed by atoms with Crippen molar-refractivity contribution < 1.29 is 22.7 Å². The Hall–Kier alpha value is -3.10. The fourth-order valence-corrected chi connectivity index (χ4v) is 3.31. The Morgan fingerprint density at radius 3 is 2.71 bits per heavy atom. The number of nitrogens with zero attached hydrogens (tertiary/aromatic N) is 3. The van der Waals surface area contributed by atoms with Gasteiger partial charge in [-0.05, 0) is 36.6 Å².